The van der Waals surface area contributed by atoms with Crippen molar-refractivity contribution in [2.45, 2.75) is 52.1 Å². The topological polar surface area (TPSA) is 55.3 Å². The lowest BCUT2D eigenvalue weighted by Crippen LogP contribution is -2.41. The highest BCUT2D eigenvalue weighted by Crippen LogP contribution is 2.29. The van der Waals surface area contributed by atoms with E-state index in [4.69, 9.17) is 4.74 Å². The Morgan fingerprint density at radius 2 is 1.89 bits per heavy atom. The monoisotopic (exact) mass is 379 g/mol. The SMILES string of the molecule is Cc1cnc(C)c(-c2ccc(C(=O)N(CC3CCC3)CC3CCCO3)cc2)n1. The van der Waals surface area contributed by atoms with Crippen LogP contribution in [0.2, 0.25) is 0 Å². The van der Waals surface area contributed by atoms with E-state index in [1.165, 1.54) is 19.3 Å². The molecule has 1 aromatic carbocycles. The maximum absolute atomic E-state index is 13.2. The smallest absolute Gasteiger partial charge is 0.253 e. The van der Waals surface area contributed by atoms with Gasteiger partial charge in [-0.3, -0.25) is 9.78 Å². The molecule has 0 radical (unpaired) electrons. The minimum absolute atomic E-state index is 0.112. The summed E-state index contributed by atoms with van der Waals surface area (Å²) in [5.74, 6) is 0.760. The van der Waals surface area contributed by atoms with Gasteiger partial charge in [-0.1, -0.05) is 18.6 Å². The van der Waals surface area contributed by atoms with Crippen LogP contribution in [0.3, 0.4) is 0 Å². The summed E-state index contributed by atoms with van der Waals surface area (Å²) < 4.78 is 5.79. The first kappa shape index (κ1) is 19.1. The molecule has 28 heavy (non-hydrogen) atoms. The molecule has 2 fully saturated rings. The summed E-state index contributed by atoms with van der Waals surface area (Å²) in [5.41, 5.74) is 4.40. The number of carbonyl (C=O) groups excluding carboxylic acids is 1. The number of aryl methyl sites for hydroxylation is 2. The van der Waals surface area contributed by atoms with Crippen LogP contribution >= 0.6 is 0 Å². The molecular formula is C23H29N3O2. The van der Waals surface area contributed by atoms with Crippen LogP contribution in [0.1, 0.15) is 53.8 Å². The fourth-order valence-electron chi connectivity index (χ4n) is 4.03. The van der Waals surface area contributed by atoms with Crippen LogP contribution in [0.25, 0.3) is 11.3 Å². The summed E-state index contributed by atoms with van der Waals surface area (Å²) >= 11 is 0. The van der Waals surface area contributed by atoms with Crippen molar-refractivity contribution in [3.63, 3.8) is 0 Å². The summed E-state index contributed by atoms with van der Waals surface area (Å²) in [6, 6.07) is 7.81. The highest BCUT2D eigenvalue weighted by atomic mass is 16.5. The normalized spacial score (nSPS) is 19.4. The Hall–Kier alpha value is -2.27. The molecule has 5 heteroatoms. The molecule has 148 valence electrons. The molecule has 2 heterocycles. The molecule has 1 aliphatic carbocycles. The minimum atomic E-state index is 0.112. The van der Waals surface area contributed by atoms with E-state index >= 15 is 0 Å². The summed E-state index contributed by atoms with van der Waals surface area (Å²) in [6.45, 7) is 6.28. The molecule has 1 atom stereocenters. The Balaban J connectivity index is 1.51. The maximum Gasteiger partial charge on any atom is 0.253 e. The third-order valence-corrected chi connectivity index (χ3v) is 5.92. The quantitative estimate of drug-likeness (QED) is 0.755. The van der Waals surface area contributed by atoms with Gasteiger partial charge in [-0.25, -0.2) is 4.98 Å². The Labute approximate surface area is 167 Å². The maximum atomic E-state index is 13.2. The molecule has 1 amide bonds. The average molecular weight is 380 g/mol. The predicted octanol–water partition coefficient (Wildman–Crippen LogP) is 4.18. The van der Waals surface area contributed by atoms with E-state index in [0.29, 0.717) is 12.5 Å². The van der Waals surface area contributed by atoms with E-state index in [-0.39, 0.29) is 12.0 Å². The largest absolute Gasteiger partial charge is 0.376 e. The van der Waals surface area contributed by atoms with Crippen molar-refractivity contribution in [3.05, 3.63) is 47.4 Å². The van der Waals surface area contributed by atoms with E-state index in [2.05, 4.69) is 9.97 Å². The van der Waals surface area contributed by atoms with Gasteiger partial charge in [-0.05, 0) is 57.6 Å². The number of aromatic nitrogens is 2. The Kier molecular flexibility index (Phi) is 5.72. The van der Waals surface area contributed by atoms with Crippen LogP contribution in [0.15, 0.2) is 30.5 Å². The number of nitrogens with zero attached hydrogens (tertiary/aromatic N) is 3. The van der Waals surface area contributed by atoms with Crippen molar-refractivity contribution < 1.29 is 9.53 Å². The van der Waals surface area contributed by atoms with E-state index in [1.54, 1.807) is 6.20 Å². The summed E-state index contributed by atoms with van der Waals surface area (Å²) in [4.78, 5) is 24.2. The van der Waals surface area contributed by atoms with Gasteiger partial charge in [0.15, 0.2) is 0 Å². The van der Waals surface area contributed by atoms with E-state index < -0.39 is 0 Å². The molecule has 0 bridgehead atoms. The number of ether oxygens (including phenoxy) is 1. The fraction of sp³-hybridized carbons (Fsp3) is 0.522. The lowest BCUT2D eigenvalue weighted by Gasteiger charge is -2.33. The Morgan fingerprint density at radius 1 is 1.11 bits per heavy atom. The van der Waals surface area contributed by atoms with Gasteiger partial charge < -0.3 is 9.64 Å². The van der Waals surface area contributed by atoms with Crippen LogP contribution in [0, 0.1) is 19.8 Å². The molecular weight excluding hydrogens is 350 g/mol. The molecule has 2 aromatic rings. The zero-order chi connectivity index (χ0) is 19.5. The second kappa shape index (κ2) is 8.39. The van der Waals surface area contributed by atoms with Gasteiger partial charge in [0.1, 0.15) is 0 Å². The number of hydrogen-bond acceptors (Lipinski definition) is 4. The molecule has 1 saturated carbocycles. The number of rotatable bonds is 6. The fourth-order valence-corrected chi connectivity index (χ4v) is 4.03. The molecule has 1 aliphatic heterocycles. The van der Waals surface area contributed by atoms with Crippen molar-refractivity contribution in [1.29, 1.82) is 0 Å². The third kappa shape index (κ3) is 4.25. The number of benzene rings is 1. The Morgan fingerprint density at radius 3 is 2.54 bits per heavy atom. The minimum Gasteiger partial charge on any atom is -0.376 e. The summed E-state index contributed by atoms with van der Waals surface area (Å²) in [6.07, 6.45) is 7.88. The van der Waals surface area contributed by atoms with Crippen LogP contribution in [0.4, 0.5) is 0 Å². The van der Waals surface area contributed by atoms with Gasteiger partial charge >= 0.3 is 0 Å². The summed E-state index contributed by atoms with van der Waals surface area (Å²) in [5, 5.41) is 0. The van der Waals surface area contributed by atoms with Crippen LogP contribution < -0.4 is 0 Å². The zero-order valence-electron chi connectivity index (χ0n) is 16.9. The number of amides is 1. The lowest BCUT2D eigenvalue weighted by molar-refractivity contribution is 0.0448. The zero-order valence-corrected chi connectivity index (χ0v) is 16.9. The molecule has 2 aliphatic rings. The molecule has 1 aromatic heterocycles. The van der Waals surface area contributed by atoms with E-state index in [0.717, 1.165) is 54.2 Å². The van der Waals surface area contributed by atoms with Crippen molar-refractivity contribution in [3.8, 4) is 11.3 Å². The van der Waals surface area contributed by atoms with Crippen LogP contribution in [-0.4, -0.2) is 46.6 Å². The van der Waals surface area contributed by atoms with Gasteiger partial charge in [-0.2, -0.15) is 0 Å². The lowest BCUT2D eigenvalue weighted by atomic mass is 9.85. The molecule has 1 unspecified atom stereocenters. The van der Waals surface area contributed by atoms with Crippen LogP contribution in [-0.2, 0) is 4.74 Å². The number of carbonyl (C=O) groups is 1. The van der Waals surface area contributed by atoms with Gasteiger partial charge in [0.2, 0.25) is 0 Å². The van der Waals surface area contributed by atoms with Crippen molar-refractivity contribution in [2.24, 2.45) is 5.92 Å². The van der Waals surface area contributed by atoms with Crippen molar-refractivity contribution in [2.75, 3.05) is 19.7 Å². The highest BCUT2D eigenvalue weighted by molar-refractivity contribution is 5.94. The van der Waals surface area contributed by atoms with Gasteiger partial charge in [0.05, 0.1) is 23.2 Å². The van der Waals surface area contributed by atoms with E-state index in [9.17, 15) is 4.79 Å². The standard InChI is InChI=1S/C23H29N3O2/c1-16-13-24-17(2)22(25-16)19-8-10-20(11-9-19)23(27)26(14-18-5-3-6-18)15-21-7-4-12-28-21/h8-11,13,18,21H,3-7,12,14-15H2,1-2H3. The molecule has 0 spiro atoms. The third-order valence-electron chi connectivity index (χ3n) is 5.92. The average Bonchev–Trinajstić information content (AvgIpc) is 3.18. The molecule has 1 saturated heterocycles. The van der Waals surface area contributed by atoms with Crippen molar-refractivity contribution in [1.82, 2.24) is 14.9 Å². The van der Waals surface area contributed by atoms with E-state index in [1.807, 2.05) is 43.0 Å². The predicted molar refractivity (Wildman–Crippen MR) is 109 cm³/mol. The first-order valence-electron chi connectivity index (χ1n) is 10.4. The van der Waals surface area contributed by atoms with Crippen molar-refractivity contribution >= 4 is 5.91 Å². The van der Waals surface area contributed by atoms with Gasteiger partial charge in [-0.15, -0.1) is 0 Å². The molecule has 5 nitrogen and oxygen atoms in total. The second-order valence-corrected chi connectivity index (χ2v) is 8.16. The first-order valence-corrected chi connectivity index (χ1v) is 10.4. The van der Waals surface area contributed by atoms with Crippen LogP contribution in [0.5, 0.6) is 0 Å². The second-order valence-electron chi connectivity index (χ2n) is 8.16. The van der Waals surface area contributed by atoms with Gasteiger partial charge in [0.25, 0.3) is 5.91 Å². The summed E-state index contributed by atoms with van der Waals surface area (Å²) in [7, 11) is 0. The van der Waals surface area contributed by atoms with Gasteiger partial charge in [0, 0.05) is 37.0 Å². The number of hydrogen-bond donors (Lipinski definition) is 0. The Bertz CT molecular complexity index is 824. The first-order chi connectivity index (χ1) is 13.6. The highest BCUT2D eigenvalue weighted by Gasteiger charge is 2.28. The molecule has 4 rings (SSSR count). The molecule has 0 N–H and O–H groups in total.